The molecule has 0 heterocycles. The van der Waals surface area contributed by atoms with Crippen LogP contribution >= 0.6 is 27.7 Å². The van der Waals surface area contributed by atoms with Crippen LogP contribution in [0.3, 0.4) is 0 Å². The van der Waals surface area contributed by atoms with E-state index in [1.807, 2.05) is 30.3 Å². The van der Waals surface area contributed by atoms with Crippen LogP contribution in [0, 0.1) is 0 Å². The molecule has 160 valence electrons. The lowest BCUT2D eigenvalue weighted by Gasteiger charge is -2.17. The molecule has 4 aromatic carbocycles. The Morgan fingerprint density at radius 2 is 1.16 bits per heavy atom. The van der Waals surface area contributed by atoms with Crippen LogP contribution in [0.5, 0.6) is 11.5 Å². The third kappa shape index (κ3) is 5.09. The van der Waals surface area contributed by atoms with Gasteiger partial charge in [0.25, 0.3) is 0 Å². The average Bonchev–Trinajstić information content (AvgIpc) is 2.86. The molecule has 0 radical (unpaired) electrons. The number of halogens is 1. The predicted molar refractivity (Wildman–Crippen MR) is 138 cm³/mol. The quantitative estimate of drug-likeness (QED) is 0.237. The number of hydrogen-bond acceptors (Lipinski definition) is 3. The molecule has 0 atom stereocenters. The maximum atomic E-state index is 5.38. The minimum absolute atomic E-state index is 0.833. The van der Waals surface area contributed by atoms with Crippen molar-refractivity contribution < 1.29 is 9.47 Å². The molecule has 0 unspecified atom stereocenters. The molecule has 0 spiro atoms. The van der Waals surface area contributed by atoms with Crippen LogP contribution in [0.2, 0.25) is 0 Å². The second kappa shape index (κ2) is 10.6. The summed E-state index contributed by atoms with van der Waals surface area (Å²) in [6.45, 7) is 0. The van der Waals surface area contributed by atoms with Gasteiger partial charge in [0, 0.05) is 19.8 Å². The lowest BCUT2D eigenvalue weighted by atomic mass is 9.95. The summed E-state index contributed by atoms with van der Waals surface area (Å²) in [5, 5.41) is 0. The summed E-state index contributed by atoms with van der Waals surface area (Å²) in [7, 11) is 3.37. The summed E-state index contributed by atoms with van der Waals surface area (Å²) in [6, 6.07) is 35.3. The SMILES string of the molecule is COc1ccc(/C(Br)=C(\c2ccc(OC)cc2)c2ccccc2Sc2ccccc2)cc1. The van der Waals surface area contributed by atoms with Gasteiger partial charge in [-0.15, -0.1) is 0 Å². The van der Waals surface area contributed by atoms with Crippen LogP contribution in [-0.2, 0) is 0 Å². The van der Waals surface area contributed by atoms with Gasteiger partial charge in [-0.25, -0.2) is 0 Å². The molecule has 0 aliphatic carbocycles. The summed E-state index contributed by atoms with van der Waals surface area (Å²) in [6.07, 6.45) is 0. The molecular weight excluding hydrogens is 480 g/mol. The lowest BCUT2D eigenvalue weighted by molar-refractivity contribution is 0.414. The van der Waals surface area contributed by atoms with Gasteiger partial charge in [0.2, 0.25) is 0 Å². The molecule has 0 N–H and O–H groups in total. The van der Waals surface area contributed by atoms with Gasteiger partial charge in [0.05, 0.1) is 14.2 Å². The highest BCUT2D eigenvalue weighted by molar-refractivity contribution is 9.15. The normalized spacial score (nSPS) is 11.6. The van der Waals surface area contributed by atoms with E-state index >= 15 is 0 Å². The summed E-state index contributed by atoms with van der Waals surface area (Å²) in [5.41, 5.74) is 4.47. The number of methoxy groups -OCH3 is 2. The molecule has 0 aromatic heterocycles. The molecular formula is C28H23BrO2S. The zero-order valence-corrected chi connectivity index (χ0v) is 20.3. The Balaban J connectivity index is 1.88. The Kier molecular flexibility index (Phi) is 7.35. The van der Waals surface area contributed by atoms with Gasteiger partial charge in [0.1, 0.15) is 11.5 Å². The Morgan fingerprint density at radius 3 is 1.75 bits per heavy atom. The second-order valence-electron chi connectivity index (χ2n) is 7.06. The zero-order chi connectivity index (χ0) is 22.3. The van der Waals surface area contributed by atoms with Crippen molar-refractivity contribution >= 4 is 37.7 Å². The fraction of sp³-hybridized carbons (Fsp3) is 0.0714. The minimum Gasteiger partial charge on any atom is -0.497 e. The maximum Gasteiger partial charge on any atom is 0.118 e. The van der Waals surface area contributed by atoms with E-state index in [9.17, 15) is 0 Å². The van der Waals surface area contributed by atoms with Crippen molar-refractivity contribution in [3.8, 4) is 11.5 Å². The average molecular weight is 503 g/mol. The standard InChI is InChI=1S/C28H23BrO2S/c1-30-22-16-12-20(13-17-22)27(28(29)21-14-18-23(31-2)19-15-21)25-10-6-7-11-26(25)32-24-8-4-3-5-9-24/h3-19H,1-2H3/b28-27-. The van der Waals surface area contributed by atoms with Gasteiger partial charge in [-0.2, -0.15) is 0 Å². The third-order valence-electron chi connectivity index (χ3n) is 5.07. The first-order chi connectivity index (χ1) is 15.7. The fourth-order valence-electron chi connectivity index (χ4n) is 3.42. The second-order valence-corrected chi connectivity index (χ2v) is 8.97. The van der Waals surface area contributed by atoms with E-state index in [4.69, 9.17) is 9.47 Å². The number of hydrogen-bond donors (Lipinski definition) is 0. The van der Waals surface area contributed by atoms with Gasteiger partial charge in [-0.3, -0.25) is 0 Å². The first kappa shape index (κ1) is 22.3. The number of rotatable bonds is 7. The lowest BCUT2D eigenvalue weighted by Crippen LogP contribution is -1.95. The van der Waals surface area contributed by atoms with E-state index in [0.717, 1.165) is 38.2 Å². The summed E-state index contributed by atoms with van der Waals surface area (Å²) in [5.74, 6) is 1.67. The highest BCUT2D eigenvalue weighted by Crippen LogP contribution is 2.42. The number of ether oxygens (including phenoxy) is 2. The van der Waals surface area contributed by atoms with E-state index in [2.05, 4.69) is 88.7 Å². The molecule has 4 aromatic rings. The highest BCUT2D eigenvalue weighted by atomic mass is 79.9. The molecule has 0 saturated carbocycles. The molecule has 0 bridgehead atoms. The molecule has 0 saturated heterocycles. The Labute approximate surface area is 202 Å². The van der Waals surface area contributed by atoms with Gasteiger partial charge >= 0.3 is 0 Å². The van der Waals surface area contributed by atoms with Crippen molar-refractivity contribution in [3.05, 3.63) is 120 Å². The van der Waals surface area contributed by atoms with Gasteiger partial charge in [-0.05, 0) is 75.1 Å². The Bertz CT molecular complexity index is 1200. The predicted octanol–water partition coefficient (Wildman–Crippen LogP) is 8.17. The largest absolute Gasteiger partial charge is 0.497 e. The minimum atomic E-state index is 0.833. The molecule has 32 heavy (non-hydrogen) atoms. The van der Waals surface area contributed by atoms with Gasteiger partial charge in [-0.1, -0.05) is 72.4 Å². The molecule has 0 aliphatic rings. The third-order valence-corrected chi connectivity index (χ3v) is 7.01. The first-order valence-corrected chi connectivity index (χ1v) is 11.8. The monoisotopic (exact) mass is 502 g/mol. The number of benzene rings is 4. The van der Waals surface area contributed by atoms with E-state index in [0.29, 0.717) is 0 Å². The van der Waals surface area contributed by atoms with E-state index < -0.39 is 0 Å². The van der Waals surface area contributed by atoms with Gasteiger partial charge < -0.3 is 9.47 Å². The van der Waals surface area contributed by atoms with Crippen molar-refractivity contribution in [2.45, 2.75) is 9.79 Å². The summed E-state index contributed by atoms with van der Waals surface area (Å²) < 4.78 is 11.7. The van der Waals surface area contributed by atoms with Crippen LogP contribution in [0.25, 0.3) is 10.1 Å². The fourth-order valence-corrected chi connectivity index (χ4v) is 5.10. The maximum absolute atomic E-state index is 5.38. The van der Waals surface area contributed by atoms with E-state index in [1.54, 1.807) is 26.0 Å². The van der Waals surface area contributed by atoms with Crippen molar-refractivity contribution in [3.63, 3.8) is 0 Å². The summed E-state index contributed by atoms with van der Waals surface area (Å²) in [4.78, 5) is 2.39. The topological polar surface area (TPSA) is 18.5 Å². The Morgan fingerprint density at radius 1 is 0.625 bits per heavy atom. The van der Waals surface area contributed by atoms with Crippen molar-refractivity contribution in [1.82, 2.24) is 0 Å². The van der Waals surface area contributed by atoms with Crippen molar-refractivity contribution in [1.29, 1.82) is 0 Å². The molecule has 0 fully saturated rings. The summed E-state index contributed by atoms with van der Waals surface area (Å²) >= 11 is 5.69. The van der Waals surface area contributed by atoms with Crippen LogP contribution in [-0.4, -0.2) is 14.2 Å². The van der Waals surface area contributed by atoms with E-state index in [-0.39, 0.29) is 0 Å². The zero-order valence-electron chi connectivity index (χ0n) is 17.9. The smallest absolute Gasteiger partial charge is 0.118 e. The van der Waals surface area contributed by atoms with Crippen LogP contribution in [0.1, 0.15) is 16.7 Å². The van der Waals surface area contributed by atoms with Crippen LogP contribution < -0.4 is 9.47 Å². The molecule has 0 amide bonds. The first-order valence-electron chi connectivity index (χ1n) is 10.2. The van der Waals surface area contributed by atoms with Crippen LogP contribution in [0.4, 0.5) is 0 Å². The molecule has 4 heteroatoms. The molecule has 2 nitrogen and oxygen atoms in total. The van der Waals surface area contributed by atoms with Crippen molar-refractivity contribution in [2.75, 3.05) is 14.2 Å². The molecule has 4 rings (SSSR count). The van der Waals surface area contributed by atoms with E-state index in [1.165, 1.54) is 9.79 Å². The highest BCUT2D eigenvalue weighted by Gasteiger charge is 2.16. The Hall–Kier alpha value is -2.95. The molecule has 0 aliphatic heterocycles. The van der Waals surface area contributed by atoms with Crippen molar-refractivity contribution in [2.24, 2.45) is 0 Å². The van der Waals surface area contributed by atoms with Crippen LogP contribution in [0.15, 0.2) is 113 Å². The van der Waals surface area contributed by atoms with Gasteiger partial charge in [0.15, 0.2) is 0 Å².